The molecule has 1 aromatic heterocycles. The Labute approximate surface area is 235 Å². The maximum atomic E-state index is 10.2. The molecule has 220 valence electrons. The summed E-state index contributed by atoms with van der Waals surface area (Å²) in [7, 11) is 0. The number of nitrogens with zero attached hydrogens (tertiary/aromatic N) is 1. The van der Waals surface area contributed by atoms with Gasteiger partial charge in [-0.25, -0.2) is 0 Å². The topological polar surface area (TPSA) is 185 Å². The van der Waals surface area contributed by atoms with Crippen LogP contribution < -0.4 is 10.4 Å². The molecule has 1 saturated carbocycles. The first kappa shape index (κ1) is 32.9. The van der Waals surface area contributed by atoms with Crippen molar-refractivity contribution in [2.45, 2.75) is 88.4 Å². The van der Waals surface area contributed by atoms with Crippen molar-refractivity contribution in [2.24, 2.45) is 5.92 Å². The van der Waals surface area contributed by atoms with Crippen LogP contribution in [0.5, 0.6) is 0 Å². The van der Waals surface area contributed by atoms with Gasteiger partial charge in [0.25, 0.3) is 0 Å². The van der Waals surface area contributed by atoms with E-state index in [1.807, 2.05) is 12.3 Å². The van der Waals surface area contributed by atoms with Crippen LogP contribution in [0.2, 0.25) is 0 Å². The predicted octanol–water partition coefficient (Wildman–Crippen LogP) is 1.30. The van der Waals surface area contributed by atoms with E-state index in [2.05, 4.69) is 59.7 Å². The molecule has 0 bridgehead atoms. The molecule has 0 spiro atoms. The number of carboxylic acid groups (broad SMARTS) is 3. The van der Waals surface area contributed by atoms with Crippen LogP contribution >= 0.6 is 0 Å². The molecule has 2 atom stereocenters. The highest BCUT2D eigenvalue weighted by Crippen LogP contribution is 2.28. The average molecular weight is 559 g/mol. The summed E-state index contributed by atoms with van der Waals surface area (Å²) >= 11 is 0. The molecule has 1 aliphatic rings. The van der Waals surface area contributed by atoms with Crippen LogP contribution in [0.3, 0.4) is 0 Å². The Balaban J connectivity index is 0.000000366. The first-order valence-electron chi connectivity index (χ1n) is 13.8. The Kier molecular flexibility index (Phi) is 13.7. The minimum atomic E-state index is -2.85. The lowest BCUT2D eigenvalue weighted by molar-refractivity contribution is -0.687. The normalized spacial score (nSPS) is 18.6. The number of aliphatic hydroxyl groups excluding tert-OH is 1. The van der Waals surface area contributed by atoms with Crippen LogP contribution in [-0.2, 0) is 14.4 Å². The fraction of sp³-hybridized carbons (Fsp3) is 0.533. The van der Waals surface area contributed by atoms with Gasteiger partial charge in [0.1, 0.15) is 5.60 Å². The van der Waals surface area contributed by atoms with Gasteiger partial charge in [0.2, 0.25) is 0 Å². The lowest BCUT2D eigenvalue weighted by Crippen LogP contribution is -2.89. The molecule has 2 aromatic rings. The molecule has 10 heteroatoms. The van der Waals surface area contributed by atoms with Gasteiger partial charge in [0, 0.05) is 24.2 Å². The van der Waals surface area contributed by atoms with Crippen LogP contribution in [0.1, 0.15) is 81.9 Å². The molecule has 3 rings (SSSR count). The molecule has 0 saturated heterocycles. The molecule has 0 radical (unpaired) electrons. The van der Waals surface area contributed by atoms with E-state index in [4.69, 9.17) is 15.3 Å². The highest BCUT2D eigenvalue weighted by molar-refractivity contribution is 5.86. The summed E-state index contributed by atoms with van der Waals surface area (Å²) in [4.78, 5) is 34.9. The van der Waals surface area contributed by atoms with E-state index in [-0.39, 0.29) is 6.10 Å². The van der Waals surface area contributed by atoms with Gasteiger partial charge in [-0.05, 0) is 69.1 Å². The van der Waals surface area contributed by atoms with E-state index >= 15 is 0 Å². The van der Waals surface area contributed by atoms with Gasteiger partial charge in [-0.3, -0.25) is 14.6 Å². The molecule has 0 aliphatic heterocycles. The Bertz CT molecular complexity index is 987. The smallest absolute Gasteiger partial charge is 0.306 e. The van der Waals surface area contributed by atoms with Crippen LogP contribution in [0.15, 0.2) is 54.7 Å². The SMILES string of the molecule is CC(CC1CCC(O)CC1)[NH2+]CCCC(c1ccccc1)c1ccccn1.O=C(O)CC(O)(CC(=O)O)C(=O)[O-]. The highest BCUT2D eigenvalue weighted by atomic mass is 16.4. The summed E-state index contributed by atoms with van der Waals surface area (Å²) in [6.45, 7) is 3.53. The standard InChI is InChI=1S/C24H34N2O.C6H8O7/c1-19(18-20-12-14-22(27)15-13-20)25-17-7-10-23(21-8-3-2-4-9-21)24-11-5-6-16-26-24;7-3(8)1-6(13,5(11)12)2-4(9)10/h2-6,8-9,11,16,19-20,22-23,25,27H,7,10,12-15,17-18H2,1H3;13H,1-2H2,(H,7,8)(H,9,10)(H,11,12). The zero-order valence-electron chi connectivity index (χ0n) is 23.0. The monoisotopic (exact) mass is 558 g/mol. The number of aromatic nitrogens is 1. The summed E-state index contributed by atoms with van der Waals surface area (Å²) in [5.74, 6) is -4.15. The Morgan fingerprint density at radius 3 is 2.12 bits per heavy atom. The van der Waals surface area contributed by atoms with E-state index in [1.54, 1.807) is 0 Å². The number of rotatable bonds is 14. The van der Waals surface area contributed by atoms with Crippen molar-refractivity contribution < 1.29 is 45.2 Å². The lowest BCUT2D eigenvalue weighted by Gasteiger charge is -2.26. The lowest BCUT2D eigenvalue weighted by atomic mass is 9.83. The van der Waals surface area contributed by atoms with E-state index in [1.165, 1.54) is 43.5 Å². The second-order valence-electron chi connectivity index (χ2n) is 10.7. The van der Waals surface area contributed by atoms with Crippen molar-refractivity contribution in [2.75, 3.05) is 6.54 Å². The number of hydrogen-bond acceptors (Lipinski definition) is 7. The minimum Gasteiger partial charge on any atom is -0.547 e. The van der Waals surface area contributed by atoms with E-state index in [0.717, 1.165) is 25.2 Å². The molecular formula is C30H42N2O8. The van der Waals surface area contributed by atoms with Crippen molar-refractivity contribution in [3.05, 3.63) is 66.0 Å². The molecule has 2 unspecified atom stereocenters. The van der Waals surface area contributed by atoms with Crippen LogP contribution in [0, 0.1) is 5.92 Å². The van der Waals surface area contributed by atoms with Crippen molar-refractivity contribution in [1.29, 1.82) is 0 Å². The second-order valence-corrected chi connectivity index (χ2v) is 10.7. The van der Waals surface area contributed by atoms with Gasteiger partial charge in [-0.2, -0.15) is 0 Å². The summed E-state index contributed by atoms with van der Waals surface area (Å²) in [5.41, 5.74) is -0.306. The van der Waals surface area contributed by atoms with Gasteiger partial charge in [0.05, 0.1) is 37.5 Å². The molecular weight excluding hydrogens is 516 g/mol. The zero-order valence-corrected chi connectivity index (χ0v) is 23.0. The number of carbonyl (C=O) groups is 3. The van der Waals surface area contributed by atoms with E-state index in [9.17, 15) is 24.6 Å². The van der Waals surface area contributed by atoms with Gasteiger partial charge >= 0.3 is 11.9 Å². The molecule has 6 N–H and O–H groups in total. The molecule has 0 amide bonds. The van der Waals surface area contributed by atoms with Gasteiger partial charge in [0.15, 0.2) is 0 Å². The summed E-state index contributed by atoms with van der Waals surface area (Å²) < 4.78 is 0. The first-order chi connectivity index (χ1) is 19.0. The van der Waals surface area contributed by atoms with Gasteiger partial charge in [-0.15, -0.1) is 0 Å². The van der Waals surface area contributed by atoms with Crippen molar-refractivity contribution in [1.82, 2.24) is 4.98 Å². The summed E-state index contributed by atoms with van der Waals surface area (Å²) in [5, 5.41) is 47.7. The minimum absolute atomic E-state index is 0.0398. The maximum absolute atomic E-state index is 10.2. The quantitative estimate of drug-likeness (QED) is 0.213. The third-order valence-corrected chi connectivity index (χ3v) is 7.30. The second kappa shape index (κ2) is 16.7. The highest BCUT2D eigenvalue weighted by Gasteiger charge is 2.34. The molecule has 10 nitrogen and oxygen atoms in total. The number of carbonyl (C=O) groups excluding carboxylic acids is 1. The predicted molar refractivity (Wildman–Crippen MR) is 145 cm³/mol. The molecule has 1 heterocycles. The van der Waals surface area contributed by atoms with Crippen LogP contribution in [0.4, 0.5) is 0 Å². The molecule has 1 aliphatic carbocycles. The number of nitrogens with two attached hydrogens (primary N) is 1. The largest absolute Gasteiger partial charge is 0.547 e. The number of aliphatic carboxylic acids is 3. The number of benzene rings is 1. The van der Waals surface area contributed by atoms with E-state index < -0.39 is 36.4 Å². The van der Waals surface area contributed by atoms with Gasteiger partial charge in [-0.1, -0.05) is 36.4 Å². The summed E-state index contributed by atoms with van der Waals surface area (Å²) in [6, 6.07) is 17.7. The van der Waals surface area contributed by atoms with E-state index in [0.29, 0.717) is 12.0 Å². The maximum Gasteiger partial charge on any atom is 0.306 e. The molecule has 1 aromatic carbocycles. The van der Waals surface area contributed by atoms with Crippen LogP contribution in [0.25, 0.3) is 0 Å². The van der Waals surface area contributed by atoms with Gasteiger partial charge < -0.3 is 35.6 Å². The van der Waals surface area contributed by atoms with Crippen molar-refractivity contribution in [3.63, 3.8) is 0 Å². The Morgan fingerprint density at radius 1 is 1.00 bits per heavy atom. The number of carboxylic acids is 3. The molecule has 1 fully saturated rings. The average Bonchev–Trinajstić information content (AvgIpc) is 2.90. The fourth-order valence-corrected chi connectivity index (χ4v) is 5.19. The third kappa shape index (κ3) is 11.8. The number of aliphatic hydroxyl groups is 2. The van der Waals surface area contributed by atoms with Crippen molar-refractivity contribution >= 4 is 17.9 Å². The Morgan fingerprint density at radius 2 is 1.60 bits per heavy atom. The number of quaternary nitrogens is 1. The summed E-state index contributed by atoms with van der Waals surface area (Å²) in [6.07, 6.45) is 7.48. The molecule has 40 heavy (non-hydrogen) atoms. The zero-order chi connectivity index (χ0) is 29.5. The number of pyridine rings is 1. The Hall–Kier alpha value is -3.34. The first-order valence-corrected chi connectivity index (χ1v) is 13.8. The van der Waals surface area contributed by atoms with Crippen molar-refractivity contribution in [3.8, 4) is 0 Å². The fourth-order valence-electron chi connectivity index (χ4n) is 5.19. The number of hydrogen-bond donors (Lipinski definition) is 5. The van der Waals surface area contributed by atoms with Crippen LogP contribution in [-0.4, -0.2) is 67.6 Å². The third-order valence-electron chi connectivity index (χ3n) is 7.30.